The van der Waals surface area contributed by atoms with Crippen molar-refractivity contribution in [2.24, 2.45) is 0 Å². The Bertz CT molecular complexity index is 772. The van der Waals surface area contributed by atoms with E-state index in [0.29, 0.717) is 19.3 Å². The van der Waals surface area contributed by atoms with Gasteiger partial charge in [-0.3, -0.25) is 0 Å². The van der Waals surface area contributed by atoms with Crippen LogP contribution in [0.15, 0.2) is 42.5 Å². The van der Waals surface area contributed by atoms with Gasteiger partial charge in [0.25, 0.3) is 0 Å². The van der Waals surface area contributed by atoms with Crippen LogP contribution in [0, 0.1) is 0 Å². The zero-order valence-corrected chi connectivity index (χ0v) is 13.4. The second-order valence-corrected chi connectivity index (χ2v) is 7.10. The van der Waals surface area contributed by atoms with Crippen molar-refractivity contribution in [2.75, 3.05) is 0 Å². The minimum absolute atomic E-state index is 0.295. The molecule has 0 spiro atoms. The van der Waals surface area contributed by atoms with E-state index < -0.39 is 21.6 Å². The molecular weight excluding hydrogens is 327 g/mol. The maximum absolute atomic E-state index is 12.4. The van der Waals surface area contributed by atoms with E-state index in [1.165, 1.54) is 0 Å². The second kappa shape index (κ2) is 6.88. The highest BCUT2D eigenvalue weighted by Crippen LogP contribution is 2.23. The van der Waals surface area contributed by atoms with Gasteiger partial charge < -0.3 is 0 Å². The molecule has 0 aliphatic heterocycles. The Balaban J connectivity index is 2.05. The third-order valence-electron chi connectivity index (χ3n) is 3.71. The van der Waals surface area contributed by atoms with Gasteiger partial charge in [0.15, 0.2) is 0 Å². The first-order chi connectivity index (χ1) is 10.7. The molecule has 7 heteroatoms. The van der Waals surface area contributed by atoms with Crippen molar-refractivity contribution in [1.82, 2.24) is 4.72 Å². The first-order valence-corrected chi connectivity index (χ1v) is 8.77. The lowest BCUT2D eigenvalue weighted by Gasteiger charge is -2.18. The number of halogens is 3. The highest BCUT2D eigenvalue weighted by molar-refractivity contribution is 7.90. The molecule has 0 radical (unpaired) electrons. The molecule has 0 saturated heterocycles. The summed E-state index contributed by atoms with van der Waals surface area (Å²) in [5.74, 6) is 0. The van der Waals surface area contributed by atoms with Crippen molar-refractivity contribution in [3.63, 3.8) is 0 Å². The first-order valence-electron chi connectivity index (χ1n) is 7.29. The smallest absolute Gasteiger partial charge is 0.204 e. The van der Waals surface area contributed by atoms with Crippen LogP contribution in [0.5, 0.6) is 0 Å². The van der Waals surface area contributed by atoms with Crippen molar-refractivity contribution in [1.29, 1.82) is 0 Å². The molecule has 2 aromatic carbocycles. The summed E-state index contributed by atoms with van der Waals surface area (Å²) in [6.07, 6.45) is 1.11. The number of nitrogens with one attached hydrogen (secondary N) is 1. The number of alkyl halides is 3. The predicted octanol–water partition coefficient (Wildman–Crippen LogP) is 3.99. The van der Waals surface area contributed by atoms with Gasteiger partial charge in [-0.05, 0) is 35.6 Å². The van der Waals surface area contributed by atoms with Gasteiger partial charge in [-0.2, -0.15) is 13.2 Å². The van der Waals surface area contributed by atoms with Gasteiger partial charge in [-0.15, -0.1) is 0 Å². The number of fused-ring (bicyclic) bond motifs is 1. The van der Waals surface area contributed by atoms with Gasteiger partial charge >= 0.3 is 15.5 Å². The Labute approximate surface area is 133 Å². The molecule has 3 nitrogen and oxygen atoms in total. The summed E-state index contributed by atoms with van der Waals surface area (Å²) in [5.41, 5.74) is -4.31. The highest BCUT2D eigenvalue weighted by atomic mass is 32.2. The normalized spacial score (nSPS) is 14.1. The number of rotatable bonds is 6. The lowest BCUT2D eigenvalue weighted by atomic mass is 10.0. The van der Waals surface area contributed by atoms with Crippen molar-refractivity contribution in [2.45, 2.75) is 37.7 Å². The topological polar surface area (TPSA) is 46.2 Å². The Hall–Kier alpha value is -1.60. The second-order valence-electron chi connectivity index (χ2n) is 5.39. The van der Waals surface area contributed by atoms with Gasteiger partial charge in [-0.1, -0.05) is 49.4 Å². The molecule has 23 heavy (non-hydrogen) atoms. The van der Waals surface area contributed by atoms with Gasteiger partial charge in [0.05, 0.1) is 0 Å². The van der Waals surface area contributed by atoms with Crippen LogP contribution in [-0.2, 0) is 16.4 Å². The Morgan fingerprint density at radius 3 is 2.35 bits per heavy atom. The summed E-state index contributed by atoms with van der Waals surface area (Å²) < 4.78 is 61.3. The van der Waals surface area contributed by atoms with E-state index in [0.717, 1.165) is 16.3 Å². The number of sulfonamides is 1. The molecule has 2 rings (SSSR count). The van der Waals surface area contributed by atoms with Crippen molar-refractivity contribution in [3.8, 4) is 0 Å². The molecule has 0 bridgehead atoms. The lowest BCUT2D eigenvalue weighted by Crippen LogP contribution is -2.42. The lowest BCUT2D eigenvalue weighted by molar-refractivity contribution is -0.0451. The van der Waals surface area contributed by atoms with Crippen LogP contribution < -0.4 is 4.72 Å². The minimum atomic E-state index is -5.30. The molecular formula is C16H18F3NO2S. The number of benzene rings is 2. The largest absolute Gasteiger partial charge is 0.511 e. The number of aryl methyl sites for hydroxylation is 1. The Morgan fingerprint density at radius 1 is 1.09 bits per heavy atom. The molecule has 1 N–H and O–H groups in total. The summed E-state index contributed by atoms with van der Waals surface area (Å²) >= 11 is 0. The van der Waals surface area contributed by atoms with E-state index in [9.17, 15) is 21.6 Å². The predicted molar refractivity (Wildman–Crippen MR) is 84.5 cm³/mol. The van der Waals surface area contributed by atoms with Crippen molar-refractivity contribution in [3.05, 3.63) is 48.0 Å². The highest BCUT2D eigenvalue weighted by Gasteiger charge is 2.46. The van der Waals surface area contributed by atoms with Gasteiger partial charge in [0, 0.05) is 6.04 Å². The van der Waals surface area contributed by atoms with E-state index in [4.69, 9.17) is 0 Å². The van der Waals surface area contributed by atoms with Gasteiger partial charge in [-0.25, -0.2) is 13.1 Å². The van der Waals surface area contributed by atoms with E-state index in [-0.39, 0.29) is 0 Å². The fourth-order valence-electron chi connectivity index (χ4n) is 2.37. The molecule has 0 aliphatic rings. The molecule has 0 amide bonds. The molecule has 0 heterocycles. The summed E-state index contributed by atoms with van der Waals surface area (Å²) in [7, 11) is -5.30. The Kier molecular flexibility index (Phi) is 5.31. The standard InChI is InChI=1S/C16H18F3NO2S/c1-2-15(20-23(21,22)16(17,18)19)10-8-12-7-9-13-5-3-4-6-14(13)11-12/h3-7,9,11,15,20H,2,8,10H2,1H3/t15-/m1/s1. The van der Waals surface area contributed by atoms with Crippen molar-refractivity contribution < 1.29 is 21.6 Å². The van der Waals surface area contributed by atoms with Gasteiger partial charge in [0.2, 0.25) is 0 Å². The summed E-state index contributed by atoms with van der Waals surface area (Å²) in [4.78, 5) is 0. The van der Waals surface area contributed by atoms with E-state index in [1.54, 1.807) is 11.6 Å². The third-order valence-corrected chi connectivity index (χ3v) is 4.97. The molecule has 0 aromatic heterocycles. The van der Waals surface area contributed by atoms with Crippen LogP contribution in [0.3, 0.4) is 0 Å². The van der Waals surface area contributed by atoms with Crippen LogP contribution in [0.1, 0.15) is 25.3 Å². The maximum atomic E-state index is 12.4. The van der Waals surface area contributed by atoms with Crippen LogP contribution in [-0.4, -0.2) is 20.0 Å². The average Bonchev–Trinajstić information content (AvgIpc) is 2.50. The quantitative estimate of drug-likeness (QED) is 0.860. The fraction of sp³-hybridized carbons (Fsp3) is 0.375. The molecule has 1 atom stereocenters. The summed E-state index contributed by atoms with van der Waals surface area (Å²) in [6.45, 7) is 1.66. The monoisotopic (exact) mass is 345 g/mol. The molecule has 0 aliphatic carbocycles. The van der Waals surface area contributed by atoms with Crippen LogP contribution in [0.25, 0.3) is 10.8 Å². The maximum Gasteiger partial charge on any atom is 0.511 e. The SMILES string of the molecule is CC[C@H](CCc1ccc2ccccc2c1)NS(=O)(=O)C(F)(F)F. The van der Waals surface area contributed by atoms with Crippen molar-refractivity contribution >= 4 is 20.8 Å². The molecule has 0 unspecified atom stereocenters. The van der Waals surface area contributed by atoms with Crippen LogP contribution >= 0.6 is 0 Å². The summed E-state index contributed by atoms with van der Waals surface area (Å²) in [5, 5.41) is 2.13. The zero-order valence-electron chi connectivity index (χ0n) is 12.6. The molecule has 0 fully saturated rings. The fourth-order valence-corrected chi connectivity index (χ4v) is 3.22. The molecule has 0 saturated carbocycles. The van der Waals surface area contributed by atoms with E-state index in [2.05, 4.69) is 0 Å². The molecule has 2 aromatic rings. The number of hydrogen-bond acceptors (Lipinski definition) is 2. The number of hydrogen-bond donors (Lipinski definition) is 1. The first kappa shape index (κ1) is 17.7. The van der Waals surface area contributed by atoms with E-state index >= 15 is 0 Å². The Morgan fingerprint density at radius 2 is 1.74 bits per heavy atom. The summed E-state index contributed by atoms with van der Waals surface area (Å²) in [6, 6.07) is 12.9. The third kappa shape index (κ3) is 4.45. The van der Waals surface area contributed by atoms with Gasteiger partial charge in [0.1, 0.15) is 0 Å². The van der Waals surface area contributed by atoms with E-state index in [1.807, 2.05) is 42.5 Å². The van der Waals surface area contributed by atoms with Crippen LogP contribution in [0.2, 0.25) is 0 Å². The average molecular weight is 345 g/mol. The van der Waals surface area contributed by atoms with Crippen LogP contribution in [0.4, 0.5) is 13.2 Å². The minimum Gasteiger partial charge on any atom is -0.204 e. The molecule has 126 valence electrons. The zero-order chi connectivity index (χ0) is 17.1.